The number of benzene rings is 2. The molecule has 1 aliphatic carbocycles. The molecule has 4 nitrogen and oxygen atoms in total. The smallest absolute Gasteiger partial charge is 0.224 e. The molecule has 0 unspecified atom stereocenters. The molecule has 2 N–H and O–H groups in total. The number of aliphatic hydroxyl groups excluding tert-OH is 1. The van der Waals surface area contributed by atoms with Crippen LogP contribution < -0.4 is 5.32 Å². The Kier molecular flexibility index (Phi) is 6.55. The third-order valence-corrected chi connectivity index (χ3v) is 6.85. The van der Waals surface area contributed by atoms with Gasteiger partial charge in [-0.15, -0.1) is 11.3 Å². The zero-order chi connectivity index (χ0) is 20.9. The number of halogens is 1. The Hall–Kier alpha value is -2.57. The summed E-state index contributed by atoms with van der Waals surface area (Å²) in [6.45, 7) is 0.205. The third kappa shape index (κ3) is 4.60. The van der Waals surface area contributed by atoms with E-state index in [0.717, 1.165) is 21.6 Å². The predicted molar refractivity (Wildman–Crippen MR) is 118 cm³/mol. The van der Waals surface area contributed by atoms with Gasteiger partial charge in [0.2, 0.25) is 5.91 Å². The van der Waals surface area contributed by atoms with Gasteiger partial charge in [-0.1, -0.05) is 42.5 Å². The number of rotatable bonds is 7. The van der Waals surface area contributed by atoms with Crippen LogP contribution in [0.1, 0.15) is 29.3 Å². The molecule has 156 valence electrons. The lowest BCUT2D eigenvalue weighted by atomic mass is 9.82. The first-order valence-electron chi connectivity index (χ1n) is 10.3. The Morgan fingerprint density at radius 3 is 2.73 bits per heavy atom. The van der Waals surface area contributed by atoms with E-state index in [2.05, 4.69) is 23.5 Å². The normalized spacial score (nSPS) is 19.7. The summed E-state index contributed by atoms with van der Waals surface area (Å²) >= 11 is 1.65. The van der Waals surface area contributed by atoms with Crippen molar-refractivity contribution in [1.82, 2.24) is 10.3 Å². The lowest BCUT2D eigenvalue weighted by Crippen LogP contribution is -2.38. The van der Waals surface area contributed by atoms with Crippen LogP contribution in [0.2, 0.25) is 0 Å². The molecule has 0 fully saturated rings. The summed E-state index contributed by atoms with van der Waals surface area (Å²) in [7, 11) is 0. The van der Waals surface area contributed by atoms with E-state index in [0.29, 0.717) is 24.9 Å². The van der Waals surface area contributed by atoms with Gasteiger partial charge in [-0.2, -0.15) is 0 Å². The van der Waals surface area contributed by atoms with E-state index < -0.39 is 0 Å². The van der Waals surface area contributed by atoms with Gasteiger partial charge in [0.15, 0.2) is 0 Å². The van der Waals surface area contributed by atoms with E-state index in [1.165, 1.54) is 6.07 Å². The fourth-order valence-corrected chi connectivity index (χ4v) is 5.12. The predicted octanol–water partition coefficient (Wildman–Crippen LogP) is 4.45. The maximum absolute atomic E-state index is 13.9. The van der Waals surface area contributed by atoms with Crippen LogP contribution in [0.15, 0.2) is 60.7 Å². The van der Waals surface area contributed by atoms with Crippen molar-refractivity contribution < 1.29 is 14.3 Å². The van der Waals surface area contributed by atoms with Gasteiger partial charge >= 0.3 is 0 Å². The quantitative estimate of drug-likeness (QED) is 0.551. The number of hydrogen-bond acceptors (Lipinski definition) is 4. The Morgan fingerprint density at radius 2 is 1.93 bits per heavy atom. The number of carbonyl (C=O) groups is 1. The summed E-state index contributed by atoms with van der Waals surface area (Å²) in [5.41, 5.74) is 1.52. The molecule has 0 aliphatic heterocycles. The van der Waals surface area contributed by atoms with Crippen LogP contribution in [0.3, 0.4) is 0 Å². The van der Waals surface area contributed by atoms with Crippen molar-refractivity contribution in [3.05, 3.63) is 77.1 Å². The molecule has 30 heavy (non-hydrogen) atoms. The highest BCUT2D eigenvalue weighted by atomic mass is 32.1. The van der Waals surface area contributed by atoms with Gasteiger partial charge in [-0.05, 0) is 43.0 Å². The molecule has 0 radical (unpaired) electrons. The van der Waals surface area contributed by atoms with E-state index in [4.69, 9.17) is 4.98 Å². The number of thiazole rings is 1. The summed E-state index contributed by atoms with van der Waals surface area (Å²) in [6.07, 6.45) is 6.02. The van der Waals surface area contributed by atoms with Crippen molar-refractivity contribution in [2.45, 2.75) is 25.2 Å². The number of hydrogen-bond donors (Lipinski definition) is 2. The van der Waals surface area contributed by atoms with E-state index in [1.807, 2.05) is 18.2 Å². The van der Waals surface area contributed by atoms with E-state index in [-0.39, 0.29) is 36.1 Å². The first-order chi connectivity index (χ1) is 14.7. The molecular weight excluding hydrogens is 399 g/mol. The maximum atomic E-state index is 13.9. The Bertz CT molecular complexity index is 1020. The standard InChI is InChI=1S/C24H25FN2O2S/c25-20-10-4-1-7-17(20)13-16(15-28)14-26-23(29)18-8-2-3-9-19(18)24-27-21-11-5-6-12-22(21)30-24/h1-7,10-12,16,18-19,28H,8-9,13-15H2,(H,26,29)/t16-,18+,19-/m1/s1. The largest absolute Gasteiger partial charge is 0.396 e. The van der Waals surface area contributed by atoms with Gasteiger partial charge in [0.25, 0.3) is 0 Å². The van der Waals surface area contributed by atoms with Crippen molar-refractivity contribution in [1.29, 1.82) is 0 Å². The lowest BCUT2D eigenvalue weighted by molar-refractivity contribution is -0.126. The Balaban J connectivity index is 1.43. The molecule has 1 aliphatic rings. The van der Waals surface area contributed by atoms with E-state index in [9.17, 15) is 14.3 Å². The monoisotopic (exact) mass is 424 g/mol. The molecule has 4 rings (SSSR count). The minimum Gasteiger partial charge on any atom is -0.396 e. The second-order valence-electron chi connectivity index (χ2n) is 7.76. The summed E-state index contributed by atoms with van der Waals surface area (Å²) in [5, 5.41) is 13.7. The van der Waals surface area contributed by atoms with Crippen molar-refractivity contribution in [2.75, 3.05) is 13.2 Å². The van der Waals surface area contributed by atoms with Crippen molar-refractivity contribution in [3.8, 4) is 0 Å². The lowest BCUT2D eigenvalue weighted by Gasteiger charge is -2.27. The number of aromatic nitrogens is 1. The summed E-state index contributed by atoms with van der Waals surface area (Å²) in [4.78, 5) is 17.8. The average Bonchev–Trinajstić information content (AvgIpc) is 3.22. The number of allylic oxidation sites excluding steroid dienone is 2. The van der Waals surface area contributed by atoms with Gasteiger partial charge in [0, 0.05) is 25.0 Å². The second-order valence-corrected chi connectivity index (χ2v) is 8.83. The van der Waals surface area contributed by atoms with E-state index >= 15 is 0 Å². The topological polar surface area (TPSA) is 62.2 Å². The molecule has 0 spiro atoms. The third-order valence-electron chi connectivity index (χ3n) is 5.69. The maximum Gasteiger partial charge on any atom is 0.224 e. The minimum atomic E-state index is -0.282. The second kappa shape index (κ2) is 9.49. The zero-order valence-electron chi connectivity index (χ0n) is 16.6. The van der Waals surface area contributed by atoms with Crippen LogP contribution in [0.4, 0.5) is 4.39 Å². The molecule has 0 saturated carbocycles. The number of fused-ring (bicyclic) bond motifs is 1. The first kappa shape index (κ1) is 20.7. The SMILES string of the molecule is O=C(NC[C@H](CO)Cc1ccccc1F)[C@H]1CC=CC[C@H]1c1nc2ccccc2s1. The van der Waals surface area contributed by atoms with Gasteiger partial charge in [-0.25, -0.2) is 9.37 Å². The fourth-order valence-electron chi connectivity index (χ4n) is 3.98. The molecule has 3 atom stereocenters. The van der Waals surface area contributed by atoms with Crippen LogP contribution in [0, 0.1) is 17.7 Å². The highest BCUT2D eigenvalue weighted by Crippen LogP contribution is 2.38. The number of aliphatic hydroxyl groups is 1. The van der Waals surface area contributed by atoms with Gasteiger partial charge in [0.05, 0.1) is 21.1 Å². The molecule has 1 heterocycles. The number of nitrogens with zero attached hydrogens (tertiary/aromatic N) is 1. The number of para-hydroxylation sites is 1. The van der Waals surface area contributed by atoms with Crippen LogP contribution in [0.25, 0.3) is 10.2 Å². The molecule has 1 amide bonds. The summed E-state index contributed by atoms with van der Waals surface area (Å²) < 4.78 is 15.1. The minimum absolute atomic E-state index is 0.0319. The van der Waals surface area contributed by atoms with Gasteiger partial charge in [-0.3, -0.25) is 4.79 Å². The summed E-state index contributed by atoms with van der Waals surface area (Å²) in [5.74, 6) is -0.688. The molecule has 2 aromatic carbocycles. The van der Waals surface area contributed by atoms with Gasteiger partial charge in [0.1, 0.15) is 5.82 Å². The molecule has 0 saturated heterocycles. The van der Waals surface area contributed by atoms with Crippen LogP contribution in [-0.4, -0.2) is 29.1 Å². The van der Waals surface area contributed by atoms with Gasteiger partial charge < -0.3 is 10.4 Å². The average molecular weight is 425 g/mol. The van der Waals surface area contributed by atoms with Crippen LogP contribution in [-0.2, 0) is 11.2 Å². The van der Waals surface area contributed by atoms with Crippen molar-refractivity contribution in [3.63, 3.8) is 0 Å². The van der Waals surface area contributed by atoms with Crippen molar-refractivity contribution in [2.24, 2.45) is 11.8 Å². The summed E-state index contributed by atoms with van der Waals surface area (Å²) in [6, 6.07) is 14.6. The number of nitrogens with one attached hydrogen (secondary N) is 1. The molecule has 6 heteroatoms. The molecule has 0 bridgehead atoms. The van der Waals surface area contributed by atoms with E-state index in [1.54, 1.807) is 29.5 Å². The molecule has 1 aromatic heterocycles. The molecule has 3 aromatic rings. The highest BCUT2D eigenvalue weighted by molar-refractivity contribution is 7.18. The Morgan fingerprint density at radius 1 is 1.17 bits per heavy atom. The molecular formula is C24H25FN2O2S. The van der Waals surface area contributed by atoms with Crippen molar-refractivity contribution >= 4 is 27.5 Å². The Labute approximate surface area is 179 Å². The zero-order valence-corrected chi connectivity index (χ0v) is 17.4. The number of carbonyl (C=O) groups excluding carboxylic acids is 1. The van der Waals surface area contributed by atoms with Crippen LogP contribution in [0.5, 0.6) is 0 Å². The number of amides is 1. The fraction of sp³-hybridized carbons (Fsp3) is 0.333. The van der Waals surface area contributed by atoms with Crippen LogP contribution >= 0.6 is 11.3 Å². The first-order valence-corrected chi connectivity index (χ1v) is 11.1. The highest BCUT2D eigenvalue weighted by Gasteiger charge is 2.32.